The molecule has 1 atom stereocenters. The van der Waals surface area contributed by atoms with E-state index in [9.17, 15) is 9.18 Å². The molecule has 0 aromatic heterocycles. The van der Waals surface area contributed by atoms with Crippen molar-refractivity contribution < 1.29 is 9.18 Å². The highest BCUT2D eigenvalue weighted by Crippen LogP contribution is 2.39. The Kier molecular flexibility index (Phi) is 4.68. The van der Waals surface area contributed by atoms with Crippen LogP contribution in [0.1, 0.15) is 47.6 Å². The zero-order valence-corrected chi connectivity index (χ0v) is 15.1. The summed E-state index contributed by atoms with van der Waals surface area (Å²) in [6.45, 7) is 7.09. The molecule has 2 aromatic rings. The van der Waals surface area contributed by atoms with Crippen LogP contribution in [0.2, 0.25) is 0 Å². The SMILES string of the molecule is CC(C)(C)c1ccc(C(=O)N2CCS[C@@H]2c2ccccc2F)cc1. The van der Waals surface area contributed by atoms with Gasteiger partial charge in [-0.2, -0.15) is 0 Å². The lowest BCUT2D eigenvalue weighted by Crippen LogP contribution is -2.30. The highest BCUT2D eigenvalue weighted by atomic mass is 32.2. The fourth-order valence-corrected chi connectivity index (χ4v) is 4.17. The molecular weight excluding hydrogens is 321 g/mol. The van der Waals surface area contributed by atoms with Gasteiger partial charge < -0.3 is 4.90 Å². The second-order valence-electron chi connectivity index (χ2n) is 7.07. The van der Waals surface area contributed by atoms with Gasteiger partial charge in [0.1, 0.15) is 11.2 Å². The van der Waals surface area contributed by atoms with E-state index >= 15 is 0 Å². The summed E-state index contributed by atoms with van der Waals surface area (Å²) in [5, 5.41) is -0.249. The molecule has 24 heavy (non-hydrogen) atoms. The predicted octanol–water partition coefficient (Wildman–Crippen LogP) is 5.01. The second-order valence-corrected chi connectivity index (χ2v) is 8.26. The highest BCUT2D eigenvalue weighted by molar-refractivity contribution is 7.99. The third-order valence-electron chi connectivity index (χ3n) is 4.32. The molecule has 1 amide bonds. The van der Waals surface area contributed by atoms with Gasteiger partial charge in [0.2, 0.25) is 0 Å². The molecule has 0 unspecified atom stereocenters. The Bertz CT molecular complexity index is 736. The minimum Gasteiger partial charge on any atom is -0.322 e. The molecule has 4 heteroatoms. The number of carbonyl (C=O) groups is 1. The molecule has 0 N–H and O–H groups in total. The van der Waals surface area contributed by atoms with Gasteiger partial charge in [0.15, 0.2) is 0 Å². The minimum atomic E-state index is -0.252. The van der Waals surface area contributed by atoms with Crippen molar-refractivity contribution in [1.29, 1.82) is 0 Å². The smallest absolute Gasteiger partial charge is 0.255 e. The van der Waals surface area contributed by atoms with Gasteiger partial charge in [-0.25, -0.2) is 4.39 Å². The standard InChI is InChI=1S/C20H22FNOS/c1-20(2,3)15-10-8-14(9-11-15)18(23)22-12-13-24-19(22)16-6-4-5-7-17(16)21/h4-11,19H,12-13H2,1-3H3/t19-/m1/s1. The van der Waals surface area contributed by atoms with E-state index in [1.54, 1.807) is 28.8 Å². The molecule has 1 saturated heterocycles. The number of nitrogens with zero attached hydrogens (tertiary/aromatic N) is 1. The van der Waals surface area contributed by atoms with Crippen LogP contribution in [0.4, 0.5) is 4.39 Å². The van der Waals surface area contributed by atoms with Crippen LogP contribution in [-0.4, -0.2) is 23.1 Å². The topological polar surface area (TPSA) is 20.3 Å². The number of thioether (sulfide) groups is 1. The maximum atomic E-state index is 14.1. The Morgan fingerprint density at radius 3 is 2.42 bits per heavy atom. The molecule has 2 nitrogen and oxygen atoms in total. The van der Waals surface area contributed by atoms with E-state index in [-0.39, 0.29) is 22.5 Å². The van der Waals surface area contributed by atoms with Gasteiger partial charge in [0, 0.05) is 23.4 Å². The van der Waals surface area contributed by atoms with Gasteiger partial charge in [-0.1, -0.05) is 51.1 Å². The molecular formula is C20H22FNOS. The molecule has 0 aliphatic carbocycles. The molecule has 1 aliphatic heterocycles. The largest absolute Gasteiger partial charge is 0.322 e. The van der Waals surface area contributed by atoms with Crippen molar-refractivity contribution in [2.45, 2.75) is 31.6 Å². The summed E-state index contributed by atoms with van der Waals surface area (Å²) in [4.78, 5) is 14.7. The predicted molar refractivity (Wildman–Crippen MR) is 97.8 cm³/mol. The van der Waals surface area contributed by atoms with Gasteiger partial charge >= 0.3 is 0 Å². The molecule has 0 bridgehead atoms. The Labute approximate surface area is 147 Å². The average molecular weight is 343 g/mol. The number of carbonyl (C=O) groups excluding carboxylic acids is 1. The van der Waals surface area contributed by atoms with Gasteiger partial charge in [0.25, 0.3) is 5.91 Å². The molecule has 126 valence electrons. The molecule has 0 radical (unpaired) electrons. The number of hydrogen-bond acceptors (Lipinski definition) is 2. The maximum absolute atomic E-state index is 14.1. The molecule has 1 fully saturated rings. The van der Waals surface area contributed by atoms with Crippen molar-refractivity contribution in [2.75, 3.05) is 12.3 Å². The van der Waals surface area contributed by atoms with Crippen molar-refractivity contribution in [3.63, 3.8) is 0 Å². The van der Waals surface area contributed by atoms with E-state index in [1.165, 1.54) is 11.6 Å². The number of rotatable bonds is 2. The first-order valence-electron chi connectivity index (χ1n) is 8.15. The third-order valence-corrected chi connectivity index (χ3v) is 5.56. The van der Waals surface area contributed by atoms with Crippen LogP contribution in [-0.2, 0) is 5.41 Å². The summed E-state index contributed by atoms with van der Waals surface area (Å²) >= 11 is 1.61. The number of amides is 1. The highest BCUT2D eigenvalue weighted by Gasteiger charge is 2.32. The average Bonchev–Trinajstić information content (AvgIpc) is 3.03. The minimum absolute atomic E-state index is 0.0336. The van der Waals surface area contributed by atoms with E-state index in [0.717, 1.165) is 5.75 Å². The summed E-state index contributed by atoms with van der Waals surface area (Å²) < 4.78 is 14.1. The van der Waals surface area contributed by atoms with E-state index in [2.05, 4.69) is 20.8 Å². The summed E-state index contributed by atoms with van der Waals surface area (Å²) in [6, 6.07) is 14.5. The number of halogens is 1. The van der Waals surface area contributed by atoms with Crippen LogP contribution in [0, 0.1) is 5.82 Å². The van der Waals surface area contributed by atoms with Gasteiger partial charge in [-0.05, 0) is 29.2 Å². The quantitative estimate of drug-likeness (QED) is 0.764. The molecule has 2 aromatic carbocycles. The Morgan fingerprint density at radius 2 is 1.79 bits per heavy atom. The van der Waals surface area contributed by atoms with Crippen LogP contribution in [0.5, 0.6) is 0 Å². The van der Waals surface area contributed by atoms with Gasteiger partial charge in [0.05, 0.1) is 0 Å². The van der Waals surface area contributed by atoms with Crippen molar-refractivity contribution in [3.05, 3.63) is 71.0 Å². The van der Waals surface area contributed by atoms with Gasteiger partial charge in [-0.15, -0.1) is 11.8 Å². The molecule has 1 heterocycles. The zero-order chi connectivity index (χ0) is 17.3. The maximum Gasteiger partial charge on any atom is 0.255 e. The summed E-state index contributed by atoms with van der Waals surface area (Å²) in [5.41, 5.74) is 2.49. The molecule has 0 spiro atoms. The van der Waals surface area contributed by atoms with E-state index < -0.39 is 0 Å². The lowest BCUT2D eigenvalue weighted by atomic mass is 9.86. The number of hydrogen-bond donors (Lipinski definition) is 0. The Hall–Kier alpha value is -1.81. The van der Waals surface area contributed by atoms with E-state index in [4.69, 9.17) is 0 Å². The normalized spacial score (nSPS) is 18.0. The van der Waals surface area contributed by atoms with Crippen LogP contribution in [0.3, 0.4) is 0 Å². The lowest BCUT2D eigenvalue weighted by Gasteiger charge is -2.25. The van der Waals surface area contributed by atoms with Crippen LogP contribution in [0.25, 0.3) is 0 Å². The number of benzene rings is 2. The molecule has 3 rings (SSSR count). The van der Waals surface area contributed by atoms with Crippen molar-refractivity contribution in [2.24, 2.45) is 0 Å². The van der Waals surface area contributed by atoms with E-state index in [0.29, 0.717) is 17.7 Å². The van der Waals surface area contributed by atoms with Crippen LogP contribution >= 0.6 is 11.8 Å². The summed E-state index contributed by atoms with van der Waals surface area (Å²) in [5.74, 6) is 0.539. The van der Waals surface area contributed by atoms with Crippen molar-refractivity contribution >= 4 is 17.7 Å². The van der Waals surface area contributed by atoms with Crippen LogP contribution < -0.4 is 0 Å². The van der Waals surface area contributed by atoms with E-state index in [1.807, 2.05) is 30.3 Å². The monoisotopic (exact) mass is 343 g/mol. The second kappa shape index (κ2) is 6.60. The first-order valence-corrected chi connectivity index (χ1v) is 9.20. The Morgan fingerprint density at radius 1 is 1.12 bits per heavy atom. The Balaban J connectivity index is 1.85. The van der Waals surface area contributed by atoms with Gasteiger partial charge in [-0.3, -0.25) is 4.79 Å². The zero-order valence-electron chi connectivity index (χ0n) is 14.3. The fourth-order valence-electron chi connectivity index (χ4n) is 2.89. The summed E-state index contributed by atoms with van der Waals surface area (Å²) in [6.07, 6.45) is 0. The lowest BCUT2D eigenvalue weighted by molar-refractivity contribution is 0.0759. The molecule has 0 saturated carbocycles. The first kappa shape index (κ1) is 17.0. The fraction of sp³-hybridized carbons (Fsp3) is 0.350. The van der Waals surface area contributed by atoms with Crippen LogP contribution in [0.15, 0.2) is 48.5 Å². The first-order chi connectivity index (χ1) is 11.4. The van der Waals surface area contributed by atoms with Crippen molar-refractivity contribution in [1.82, 2.24) is 4.90 Å². The summed E-state index contributed by atoms with van der Waals surface area (Å²) in [7, 11) is 0. The third kappa shape index (κ3) is 3.34. The molecule has 1 aliphatic rings. The van der Waals surface area contributed by atoms with Crippen molar-refractivity contribution in [3.8, 4) is 0 Å².